The third-order valence-electron chi connectivity index (χ3n) is 4.17. The van der Waals surface area contributed by atoms with E-state index in [2.05, 4.69) is 6.92 Å². The summed E-state index contributed by atoms with van der Waals surface area (Å²) in [5.74, 6) is -0.497. The summed E-state index contributed by atoms with van der Waals surface area (Å²) in [6.07, 6.45) is 1.72. The Bertz CT molecular complexity index is 357. The fraction of sp³-hybridized carbons (Fsp3) is 0.846. The van der Waals surface area contributed by atoms with Crippen LogP contribution in [-0.4, -0.2) is 45.7 Å². The van der Waals surface area contributed by atoms with Crippen LogP contribution in [0, 0.1) is 5.92 Å². The van der Waals surface area contributed by atoms with Gasteiger partial charge >= 0.3 is 0 Å². The van der Waals surface area contributed by atoms with E-state index in [9.17, 15) is 4.79 Å². The second-order valence-electron chi connectivity index (χ2n) is 5.03. The van der Waals surface area contributed by atoms with E-state index in [1.807, 2.05) is 0 Å². The van der Waals surface area contributed by atoms with Gasteiger partial charge in [-0.05, 0) is 25.4 Å². The molecule has 0 aromatic carbocycles. The molecule has 110 valence electrons. The fourth-order valence-corrected chi connectivity index (χ4v) is 8.83. The van der Waals surface area contributed by atoms with Gasteiger partial charge in [0, 0.05) is 26.2 Å². The van der Waals surface area contributed by atoms with E-state index in [0.29, 0.717) is 0 Å². The van der Waals surface area contributed by atoms with Gasteiger partial charge < -0.3 is 13.9 Å². The average molecular weight is 304 g/mol. The van der Waals surface area contributed by atoms with E-state index in [1.165, 1.54) is 0 Å². The van der Waals surface area contributed by atoms with E-state index < -0.39 is 19.6 Å². The van der Waals surface area contributed by atoms with E-state index in [1.54, 1.807) is 28.3 Å². The monoisotopic (exact) mass is 304 g/mol. The first-order valence-electron chi connectivity index (χ1n) is 6.63. The largest absolute Gasteiger partial charge is 0.414 e. The molecule has 2 unspecified atom stereocenters. The van der Waals surface area contributed by atoms with Crippen LogP contribution in [0.4, 0.5) is 0 Å². The Labute approximate surface area is 121 Å². The molecule has 1 fully saturated rings. The van der Waals surface area contributed by atoms with Crippen LogP contribution in [0.5, 0.6) is 0 Å². The topological polar surface area (TPSA) is 44.8 Å². The molecule has 2 atom stereocenters. The zero-order chi connectivity index (χ0) is 14.7. The molecule has 1 saturated heterocycles. The van der Waals surface area contributed by atoms with Gasteiger partial charge in [-0.25, -0.2) is 0 Å². The van der Waals surface area contributed by atoms with E-state index in [4.69, 9.17) is 26.1 Å². The van der Waals surface area contributed by atoms with Crippen molar-refractivity contribution in [1.29, 1.82) is 0 Å². The predicted octanol–water partition coefficient (Wildman–Crippen LogP) is 2.50. The van der Waals surface area contributed by atoms with Crippen molar-refractivity contribution in [2.45, 2.75) is 44.2 Å². The second-order valence-corrected chi connectivity index (χ2v) is 9.65. The van der Waals surface area contributed by atoms with Gasteiger partial charge in [0.05, 0.1) is 0 Å². The Morgan fingerprint density at radius 1 is 1.42 bits per heavy atom. The van der Waals surface area contributed by atoms with Gasteiger partial charge in [0.15, 0.2) is 5.41 Å². The number of hydrogen-bond donors (Lipinski definition) is 0. The molecule has 0 aromatic rings. The lowest BCUT2D eigenvalue weighted by molar-refractivity contribution is -0.185. The molecule has 0 aromatic heterocycles. The van der Waals surface area contributed by atoms with Crippen LogP contribution >= 0.6 is 12.2 Å². The Balaban J connectivity index is 3.38. The Morgan fingerprint density at radius 3 is 2.37 bits per heavy atom. The molecule has 19 heavy (non-hydrogen) atoms. The minimum atomic E-state index is -2.36. The van der Waals surface area contributed by atoms with Crippen LogP contribution in [0.15, 0.2) is 0 Å². The number of ketones is 1. The minimum Gasteiger partial charge on any atom is -0.414 e. The Hall–Kier alpha value is -0.143. The number of thiocarbonyl (C=S) groups is 1. The molecule has 1 aliphatic heterocycles. The lowest BCUT2D eigenvalue weighted by Crippen LogP contribution is -2.71. The number of carbonyl (C=O) groups excluding carboxylic acids is 1. The maximum atomic E-state index is 12.1. The summed E-state index contributed by atoms with van der Waals surface area (Å²) in [6.45, 7) is 3.66. The quantitative estimate of drug-likeness (QED) is 0.428. The fourth-order valence-electron chi connectivity index (χ4n) is 3.35. The van der Waals surface area contributed by atoms with Gasteiger partial charge in [0.2, 0.25) is 0 Å². The lowest BCUT2D eigenvalue weighted by Gasteiger charge is -2.52. The number of methoxy groups -OCH3 is 2. The third-order valence-corrected chi connectivity index (χ3v) is 9.72. The van der Waals surface area contributed by atoms with Crippen LogP contribution in [0.25, 0.3) is 0 Å². The highest BCUT2D eigenvalue weighted by atomic mass is 32.1. The zero-order valence-electron chi connectivity index (χ0n) is 12.4. The van der Waals surface area contributed by atoms with E-state index in [-0.39, 0.29) is 5.78 Å². The second kappa shape index (κ2) is 6.54. The minimum absolute atomic E-state index is 0.00146. The molecule has 0 bridgehead atoms. The maximum Gasteiger partial charge on any atom is 0.258 e. The van der Waals surface area contributed by atoms with Gasteiger partial charge in [-0.2, -0.15) is 0 Å². The number of ether oxygens (including phenoxy) is 2. The highest BCUT2D eigenvalue weighted by Gasteiger charge is 2.64. The van der Waals surface area contributed by atoms with Gasteiger partial charge in [-0.15, -0.1) is 0 Å². The summed E-state index contributed by atoms with van der Waals surface area (Å²) < 4.78 is 17.4. The van der Waals surface area contributed by atoms with Gasteiger partial charge in [0.25, 0.3) is 8.32 Å². The number of carbonyl (C=O) groups is 1. The normalized spacial score (nSPS) is 30.4. The van der Waals surface area contributed by atoms with Crippen molar-refractivity contribution >= 4 is 31.2 Å². The van der Waals surface area contributed by atoms with Gasteiger partial charge in [-0.3, -0.25) is 4.79 Å². The summed E-state index contributed by atoms with van der Waals surface area (Å²) >= 11 is 5.41. The summed E-state index contributed by atoms with van der Waals surface area (Å²) in [6, 6.07) is 1.75. The first kappa shape index (κ1) is 16.9. The van der Waals surface area contributed by atoms with Crippen LogP contribution in [0.3, 0.4) is 0 Å². The predicted molar refractivity (Wildman–Crippen MR) is 80.8 cm³/mol. The van der Waals surface area contributed by atoms with Crippen molar-refractivity contribution in [2.24, 2.45) is 5.92 Å². The van der Waals surface area contributed by atoms with Gasteiger partial charge in [-0.1, -0.05) is 25.6 Å². The summed E-state index contributed by atoms with van der Waals surface area (Å²) in [4.78, 5) is 12.8. The molecule has 0 amide bonds. The standard InChI is InChI=1S/C13H24O4SSi/c1-6-8-19(17-5)9-7-11(18)12(10(2)14)13(19,15-3)16-4/h12H,6-9H2,1-5H3. The third kappa shape index (κ3) is 2.56. The maximum absolute atomic E-state index is 12.1. The first-order valence-corrected chi connectivity index (χ1v) is 9.36. The smallest absolute Gasteiger partial charge is 0.258 e. The van der Waals surface area contributed by atoms with Gasteiger partial charge in [0.1, 0.15) is 11.7 Å². The molecular formula is C13H24O4SSi. The molecule has 0 aliphatic carbocycles. The molecule has 4 nitrogen and oxygen atoms in total. The average Bonchev–Trinajstić information content (AvgIpc) is 2.40. The summed E-state index contributed by atoms with van der Waals surface area (Å²) in [5.41, 5.74) is -0.987. The molecule has 6 heteroatoms. The van der Waals surface area contributed by atoms with Crippen LogP contribution in [0.2, 0.25) is 12.1 Å². The van der Waals surface area contributed by atoms with E-state index in [0.717, 1.165) is 29.8 Å². The van der Waals surface area contributed by atoms with Crippen molar-refractivity contribution in [3.8, 4) is 0 Å². The molecule has 0 saturated carbocycles. The number of rotatable bonds is 6. The summed E-state index contributed by atoms with van der Waals surface area (Å²) in [5, 5.41) is 0. The molecule has 0 spiro atoms. The molecular weight excluding hydrogens is 280 g/mol. The molecule has 1 aliphatic rings. The van der Waals surface area contributed by atoms with Crippen molar-refractivity contribution in [1.82, 2.24) is 0 Å². The highest BCUT2D eigenvalue weighted by Crippen LogP contribution is 2.45. The van der Waals surface area contributed by atoms with Crippen molar-refractivity contribution < 1.29 is 18.7 Å². The Kier molecular flexibility index (Phi) is 5.82. The lowest BCUT2D eigenvalue weighted by atomic mass is 9.97. The zero-order valence-corrected chi connectivity index (χ0v) is 14.3. The first-order chi connectivity index (χ1) is 8.94. The van der Waals surface area contributed by atoms with Crippen molar-refractivity contribution in [3.63, 3.8) is 0 Å². The highest BCUT2D eigenvalue weighted by molar-refractivity contribution is 7.80. The number of Topliss-reactive ketones (excluding diaryl/α,β-unsaturated/α-hetero) is 1. The molecule has 0 radical (unpaired) electrons. The SMILES string of the molecule is CCC[Si]1(OC)CCC(=S)C(C(C)=O)C1(OC)OC. The number of hydrogen-bond acceptors (Lipinski definition) is 5. The molecule has 0 N–H and O–H groups in total. The van der Waals surface area contributed by atoms with Crippen molar-refractivity contribution in [3.05, 3.63) is 0 Å². The van der Waals surface area contributed by atoms with Crippen LogP contribution in [0.1, 0.15) is 26.7 Å². The molecule has 1 rings (SSSR count). The van der Waals surface area contributed by atoms with Crippen LogP contribution in [-0.2, 0) is 18.7 Å². The molecule has 1 heterocycles. The Morgan fingerprint density at radius 2 is 2.00 bits per heavy atom. The van der Waals surface area contributed by atoms with Crippen LogP contribution < -0.4 is 0 Å². The summed E-state index contributed by atoms with van der Waals surface area (Å²) in [7, 11) is 2.53. The van der Waals surface area contributed by atoms with E-state index >= 15 is 0 Å². The van der Waals surface area contributed by atoms with Crippen molar-refractivity contribution in [2.75, 3.05) is 21.3 Å².